The van der Waals surface area contributed by atoms with E-state index in [0.717, 1.165) is 38.9 Å². The fraction of sp³-hybridized carbons (Fsp3) is 0.526. The number of likely N-dealkylation sites (tertiary alicyclic amines) is 1. The molecular formula is C19H24N2OS. The van der Waals surface area contributed by atoms with Crippen molar-refractivity contribution >= 4 is 11.3 Å². The number of hydrogen-bond acceptors (Lipinski definition) is 4. The molecule has 0 radical (unpaired) electrons. The molecule has 0 spiro atoms. The number of rotatable bonds is 4. The van der Waals surface area contributed by atoms with E-state index in [4.69, 9.17) is 4.98 Å². The Hall–Kier alpha value is -1.23. The summed E-state index contributed by atoms with van der Waals surface area (Å²) >= 11 is 1.91. The van der Waals surface area contributed by atoms with Gasteiger partial charge in [0.15, 0.2) is 0 Å². The van der Waals surface area contributed by atoms with Gasteiger partial charge < -0.3 is 5.11 Å². The maximum atomic E-state index is 9.28. The number of hydrogen-bond donors (Lipinski definition) is 1. The van der Waals surface area contributed by atoms with E-state index >= 15 is 0 Å². The van der Waals surface area contributed by atoms with Crippen molar-refractivity contribution in [1.82, 2.24) is 9.88 Å². The SMILES string of the molecule is OCC1CCN(Cc2nc3c(s2)CC(c2ccccc2)CC3)C1. The van der Waals surface area contributed by atoms with Gasteiger partial charge in [-0.25, -0.2) is 4.98 Å². The summed E-state index contributed by atoms with van der Waals surface area (Å²) in [6.07, 6.45) is 4.61. The molecule has 2 atom stereocenters. The fourth-order valence-electron chi connectivity index (χ4n) is 3.90. The third-order valence-corrected chi connectivity index (χ3v) is 6.35. The molecule has 1 saturated heterocycles. The molecule has 2 unspecified atom stereocenters. The van der Waals surface area contributed by atoms with Gasteiger partial charge >= 0.3 is 0 Å². The first kappa shape index (κ1) is 15.3. The lowest BCUT2D eigenvalue weighted by atomic mass is 9.85. The molecular weight excluding hydrogens is 304 g/mol. The second-order valence-electron chi connectivity index (χ2n) is 6.90. The Balaban J connectivity index is 1.43. The minimum Gasteiger partial charge on any atom is -0.396 e. The van der Waals surface area contributed by atoms with Crippen LogP contribution in [-0.2, 0) is 19.4 Å². The van der Waals surface area contributed by atoms with Crippen molar-refractivity contribution in [2.24, 2.45) is 5.92 Å². The maximum Gasteiger partial charge on any atom is 0.107 e. The smallest absolute Gasteiger partial charge is 0.107 e. The summed E-state index contributed by atoms with van der Waals surface area (Å²) in [6, 6.07) is 10.9. The number of fused-ring (bicyclic) bond motifs is 1. The Morgan fingerprint density at radius 3 is 2.87 bits per heavy atom. The van der Waals surface area contributed by atoms with E-state index in [0.29, 0.717) is 18.4 Å². The Bertz CT molecular complexity index is 655. The number of aromatic nitrogens is 1. The van der Waals surface area contributed by atoms with E-state index < -0.39 is 0 Å². The molecule has 2 aliphatic rings. The minimum absolute atomic E-state index is 0.323. The summed E-state index contributed by atoms with van der Waals surface area (Å²) in [5.41, 5.74) is 2.81. The molecule has 122 valence electrons. The Morgan fingerprint density at radius 1 is 1.22 bits per heavy atom. The van der Waals surface area contributed by atoms with Crippen LogP contribution in [0.15, 0.2) is 30.3 Å². The van der Waals surface area contributed by atoms with Gasteiger partial charge in [-0.3, -0.25) is 4.90 Å². The first-order chi connectivity index (χ1) is 11.3. The molecule has 1 fully saturated rings. The molecule has 4 heteroatoms. The average molecular weight is 328 g/mol. The number of nitrogens with zero attached hydrogens (tertiary/aromatic N) is 2. The monoisotopic (exact) mass is 328 g/mol. The van der Waals surface area contributed by atoms with Crippen LogP contribution in [0, 0.1) is 5.92 Å². The predicted octanol–water partition coefficient (Wildman–Crippen LogP) is 3.23. The van der Waals surface area contributed by atoms with Crippen LogP contribution < -0.4 is 0 Å². The van der Waals surface area contributed by atoms with Crippen LogP contribution in [0.25, 0.3) is 0 Å². The van der Waals surface area contributed by atoms with Crippen molar-refractivity contribution in [3.8, 4) is 0 Å². The van der Waals surface area contributed by atoms with Gasteiger partial charge in [-0.05, 0) is 49.6 Å². The zero-order valence-electron chi connectivity index (χ0n) is 13.4. The zero-order chi connectivity index (χ0) is 15.6. The van der Waals surface area contributed by atoms with Crippen LogP contribution in [-0.4, -0.2) is 34.7 Å². The van der Waals surface area contributed by atoms with Gasteiger partial charge in [0.2, 0.25) is 0 Å². The second-order valence-corrected chi connectivity index (χ2v) is 8.07. The molecule has 1 aliphatic carbocycles. The van der Waals surface area contributed by atoms with E-state index in [9.17, 15) is 5.11 Å². The van der Waals surface area contributed by atoms with Gasteiger partial charge in [0.25, 0.3) is 0 Å². The van der Waals surface area contributed by atoms with Crippen LogP contribution >= 0.6 is 11.3 Å². The van der Waals surface area contributed by atoms with Gasteiger partial charge in [0, 0.05) is 18.0 Å². The molecule has 1 aromatic heterocycles. The molecule has 0 bridgehead atoms. The lowest BCUT2D eigenvalue weighted by molar-refractivity contribution is 0.220. The highest BCUT2D eigenvalue weighted by Crippen LogP contribution is 2.36. The molecule has 4 rings (SSSR count). The number of aliphatic hydroxyl groups is 1. The van der Waals surface area contributed by atoms with Crippen molar-refractivity contribution in [2.45, 2.75) is 38.1 Å². The molecule has 1 aromatic carbocycles. The lowest BCUT2D eigenvalue weighted by Gasteiger charge is -2.21. The van der Waals surface area contributed by atoms with Crippen molar-refractivity contribution < 1.29 is 5.11 Å². The highest BCUT2D eigenvalue weighted by Gasteiger charge is 2.26. The minimum atomic E-state index is 0.323. The second kappa shape index (κ2) is 6.71. The van der Waals surface area contributed by atoms with E-state index in [-0.39, 0.29) is 0 Å². The van der Waals surface area contributed by atoms with E-state index in [2.05, 4.69) is 35.2 Å². The van der Waals surface area contributed by atoms with Gasteiger partial charge in [-0.1, -0.05) is 30.3 Å². The Kier molecular flexibility index (Phi) is 4.47. The maximum absolute atomic E-state index is 9.28. The highest BCUT2D eigenvalue weighted by molar-refractivity contribution is 7.11. The molecule has 23 heavy (non-hydrogen) atoms. The summed E-state index contributed by atoms with van der Waals surface area (Å²) in [4.78, 5) is 8.85. The zero-order valence-corrected chi connectivity index (χ0v) is 14.3. The predicted molar refractivity (Wildman–Crippen MR) is 93.8 cm³/mol. The summed E-state index contributed by atoms with van der Waals surface area (Å²) in [7, 11) is 0. The summed E-state index contributed by atoms with van der Waals surface area (Å²) in [6.45, 7) is 3.41. The van der Waals surface area contributed by atoms with E-state index in [1.807, 2.05) is 11.3 Å². The number of benzene rings is 1. The summed E-state index contributed by atoms with van der Waals surface area (Å²) < 4.78 is 0. The summed E-state index contributed by atoms with van der Waals surface area (Å²) in [5.74, 6) is 1.12. The molecule has 0 amide bonds. The van der Waals surface area contributed by atoms with Crippen LogP contribution in [0.4, 0.5) is 0 Å². The standard InChI is InChI=1S/C19H24N2OS/c22-13-14-8-9-21(11-14)12-19-20-17-7-6-16(10-18(17)23-19)15-4-2-1-3-5-15/h1-5,14,16,22H,6-13H2. The van der Waals surface area contributed by atoms with Crippen molar-refractivity contribution in [2.75, 3.05) is 19.7 Å². The Labute approximate surface area is 142 Å². The van der Waals surface area contributed by atoms with Crippen molar-refractivity contribution in [3.63, 3.8) is 0 Å². The first-order valence-corrected chi connectivity index (χ1v) is 9.49. The molecule has 1 aliphatic heterocycles. The molecule has 3 nitrogen and oxygen atoms in total. The third kappa shape index (κ3) is 3.35. The number of thiazole rings is 1. The molecule has 2 aromatic rings. The van der Waals surface area contributed by atoms with Crippen LogP contribution in [0.5, 0.6) is 0 Å². The van der Waals surface area contributed by atoms with Crippen molar-refractivity contribution in [3.05, 3.63) is 51.5 Å². The van der Waals surface area contributed by atoms with Crippen LogP contribution in [0.3, 0.4) is 0 Å². The van der Waals surface area contributed by atoms with E-state index in [1.54, 1.807) is 0 Å². The molecule has 2 heterocycles. The average Bonchev–Trinajstić information content (AvgIpc) is 3.21. The van der Waals surface area contributed by atoms with Crippen molar-refractivity contribution in [1.29, 1.82) is 0 Å². The number of aryl methyl sites for hydroxylation is 1. The van der Waals surface area contributed by atoms with Crippen LogP contribution in [0.2, 0.25) is 0 Å². The largest absolute Gasteiger partial charge is 0.396 e. The van der Waals surface area contributed by atoms with E-state index in [1.165, 1.54) is 27.6 Å². The highest BCUT2D eigenvalue weighted by atomic mass is 32.1. The molecule has 1 N–H and O–H groups in total. The van der Waals surface area contributed by atoms with Gasteiger partial charge in [-0.15, -0.1) is 11.3 Å². The lowest BCUT2D eigenvalue weighted by Crippen LogP contribution is -2.20. The summed E-state index contributed by atoms with van der Waals surface area (Å²) in [5, 5.41) is 10.5. The first-order valence-electron chi connectivity index (χ1n) is 8.67. The van der Waals surface area contributed by atoms with Gasteiger partial charge in [0.1, 0.15) is 5.01 Å². The number of aliphatic hydroxyl groups excluding tert-OH is 1. The van der Waals surface area contributed by atoms with Gasteiger partial charge in [0.05, 0.1) is 12.2 Å². The Morgan fingerprint density at radius 2 is 2.09 bits per heavy atom. The fourth-order valence-corrected chi connectivity index (χ4v) is 5.14. The van der Waals surface area contributed by atoms with Gasteiger partial charge in [-0.2, -0.15) is 0 Å². The topological polar surface area (TPSA) is 36.4 Å². The molecule has 0 saturated carbocycles. The third-order valence-electron chi connectivity index (χ3n) is 5.24. The quantitative estimate of drug-likeness (QED) is 0.936. The van der Waals surface area contributed by atoms with Crippen LogP contribution in [0.1, 0.15) is 39.9 Å². The normalized spacial score (nSPS) is 24.7.